The molecule has 0 bridgehead atoms. The first-order valence-electron chi connectivity index (χ1n) is 8.67. The van der Waals surface area contributed by atoms with Crippen molar-refractivity contribution < 1.29 is 14.3 Å². The van der Waals surface area contributed by atoms with Crippen LogP contribution in [0.15, 0.2) is 72.9 Å². The predicted octanol–water partition coefficient (Wildman–Crippen LogP) is 3.50. The van der Waals surface area contributed by atoms with Gasteiger partial charge in [0.15, 0.2) is 6.10 Å². The molecule has 0 saturated carbocycles. The number of carbonyl (C=O) groups excluding carboxylic acids is 2. The number of carbonyl (C=O) groups is 2. The van der Waals surface area contributed by atoms with Gasteiger partial charge >= 0.3 is 5.97 Å². The zero-order valence-electron chi connectivity index (χ0n) is 15.0. The van der Waals surface area contributed by atoms with Crippen molar-refractivity contribution in [3.05, 3.63) is 84.1 Å². The van der Waals surface area contributed by atoms with Gasteiger partial charge in [-0.25, -0.2) is 4.79 Å². The maximum atomic E-state index is 12.1. The largest absolute Gasteiger partial charge is 0.449 e. The third-order valence-electron chi connectivity index (χ3n) is 4.03. The lowest BCUT2D eigenvalue weighted by atomic mass is 10.1. The Labute approximate surface area is 157 Å². The molecule has 1 heterocycles. The van der Waals surface area contributed by atoms with E-state index < -0.39 is 12.1 Å². The van der Waals surface area contributed by atoms with Crippen molar-refractivity contribution >= 4 is 28.9 Å². The van der Waals surface area contributed by atoms with Gasteiger partial charge in [-0.3, -0.25) is 9.78 Å². The average Bonchev–Trinajstić information content (AvgIpc) is 2.71. The van der Waals surface area contributed by atoms with Crippen molar-refractivity contribution in [2.45, 2.75) is 19.6 Å². The Kier molecular flexibility index (Phi) is 5.94. The summed E-state index contributed by atoms with van der Waals surface area (Å²) in [5.41, 5.74) is 2.59. The first kappa shape index (κ1) is 18.3. The van der Waals surface area contributed by atoms with Gasteiger partial charge in [0.25, 0.3) is 5.91 Å². The van der Waals surface area contributed by atoms with E-state index in [9.17, 15) is 9.59 Å². The highest BCUT2D eigenvalue weighted by atomic mass is 16.5. The van der Waals surface area contributed by atoms with Crippen molar-refractivity contribution in [2.24, 2.45) is 0 Å². The number of pyridine rings is 1. The van der Waals surface area contributed by atoms with Crippen molar-refractivity contribution in [3.8, 4) is 0 Å². The second-order valence-corrected chi connectivity index (χ2v) is 6.04. The number of rotatable bonds is 6. The normalized spacial score (nSPS) is 12.0. The molecule has 1 atom stereocenters. The van der Waals surface area contributed by atoms with E-state index in [0.717, 1.165) is 22.0 Å². The van der Waals surface area contributed by atoms with Crippen LogP contribution in [0.25, 0.3) is 17.0 Å². The number of aromatic nitrogens is 1. The summed E-state index contributed by atoms with van der Waals surface area (Å²) in [6, 6.07) is 19.1. The Morgan fingerprint density at radius 1 is 1.07 bits per heavy atom. The van der Waals surface area contributed by atoms with Crippen LogP contribution in [-0.2, 0) is 20.9 Å². The fourth-order valence-electron chi connectivity index (χ4n) is 2.62. The molecule has 1 amide bonds. The summed E-state index contributed by atoms with van der Waals surface area (Å²) in [6.07, 6.45) is 3.78. The molecule has 0 aliphatic heterocycles. The van der Waals surface area contributed by atoms with Gasteiger partial charge in [-0.1, -0.05) is 54.6 Å². The Morgan fingerprint density at radius 2 is 1.85 bits per heavy atom. The standard InChI is InChI=1S/C22H20N2O3/c1-16(22(26)24-15-17-7-3-2-4-8-17)27-20(25)13-12-19-10-5-9-18-11-6-14-23-21(18)19/h2-14,16H,15H2,1H3,(H,24,26)/b13-12+. The van der Waals surface area contributed by atoms with Crippen molar-refractivity contribution in [1.82, 2.24) is 10.3 Å². The van der Waals surface area contributed by atoms with E-state index in [4.69, 9.17) is 4.74 Å². The van der Waals surface area contributed by atoms with Gasteiger partial charge in [-0.2, -0.15) is 0 Å². The van der Waals surface area contributed by atoms with E-state index in [0.29, 0.717) is 6.54 Å². The lowest BCUT2D eigenvalue weighted by Crippen LogP contribution is -2.35. The zero-order chi connectivity index (χ0) is 19.1. The lowest BCUT2D eigenvalue weighted by molar-refractivity contribution is -0.150. The molecular weight excluding hydrogens is 340 g/mol. The molecule has 1 unspecified atom stereocenters. The summed E-state index contributed by atoms with van der Waals surface area (Å²) >= 11 is 0. The Balaban J connectivity index is 1.56. The van der Waals surface area contributed by atoms with Crippen LogP contribution in [-0.4, -0.2) is 23.0 Å². The predicted molar refractivity (Wildman–Crippen MR) is 105 cm³/mol. The minimum atomic E-state index is -0.878. The van der Waals surface area contributed by atoms with Crippen LogP contribution in [0.2, 0.25) is 0 Å². The maximum Gasteiger partial charge on any atom is 0.331 e. The Bertz CT molecular complexity index is 962. The molecule has 5 heteroatoms. The number of nitrogens with one attached hydrogen (secondary N) is 1. The van der Waals surface area contributed by atoms with Gasteiger partial charge in [-0.05, 0) is 24.6 Å². The molecule has 2 aromatic carbocycles. The van der Waals surface area contributed by atoms with E-state index in [1.54, 1.807) is 19.2 Å². The zero-order valence-corrected chi connectivity index (χ0v) is 15.0. The van der Waals surface area contributed by atoms with Crippen LogP contribution in [0, 0.1) is 0 Å². The molecule has 0 spiro atoms. The maximum absolute atomic E-state index is 12.1. The highest BCUT2D eigenvalue weighted by Gasteiger charge is 2.16. The SMILES string of the molecule is CC(OC(=O)/C=C/c1cccc2cccnc12)C(=O)NCc1ccccc1. The molecule has 0 saturated heterocycles. The quantitative estimate of drug-likeness (QED) is 0.540. The number of ether oxygens (including phenoxy) is 1. The fraction of sp³-hybridized carbons (Fsp3) is 0.136. The molecule has 136 valence electrons. The molecule has 0 radical (unpaired) electrons. The smallest absolute Gasteiger partial charge is 0.331 e. The number of benzene rings is 2. The van der Waals surface area contributed by atoms with E-state index in [1.807, 2.05) is 60.7 Å². The lowest BCUT2D eigenvalue weighted by Gasteiger charge is -2.12. The first-order valence-corrected chi connectivity index (χ1v) is 8.67. The number of hydrogen-bond acceptors (Lipinski definition) is 4. The van der Waals surface area contributed by atoms with Crippen LogP contribution in [0.5, 0.6) is 0 Å². The van der Waals surface area contributed by atoms with E-state index >= 15 is 0 Å². The molecule has 0 fully saturated rings. The van der Waals surface area contributed by atoms with E-state index in [1.165, 1.54) is 6.08 Å². The van der Waals surface area contributed by atoms with Gasteiger partial charge in [-0.15, -0.1) is 0 Å². The monoisotopic (exact) mass is 360 g/mol. The molecule has 3 rings (SSSR count). The molecule has 3 aromatic rings. The van der Waals surface area contributed by atoms with Crippen LogP contribution in [0.1, 0.15) is 18.1 Å². The van der Waals surface area contributed by atoms with Gasteiger partial charge < -0.3 is 10.1 Å². The second kappa shape index (κ2) is 8.76. The fourth-order valence-corrected chi connectivity index (χ4v) is 2.62. The first-order chi connectivity index (χ1) is 13.1. The van der Waals surface area contributed by atoms with Gasteiger partial charge in [0.2, 0.25) is 0 Å². The van der Waals surface area contributed by atoms with E-state index in [2.05, 4.69) is 10.3 Å². The molecule has 5 nitrogen and oxygen atoms in total. The Hall–Kier alpha value is -3.47. The van der Waals surface area contributed by atoms with Gasteiger partial charge in [0.05, 0.1) is 5.52 Å². The van der Waals surface area contributed by atoms with Crippen LogP contribution in [0.3, 0.4) is 0 Å². The number of para-hydroxylation sites is 1. The summed E-state index contributed by atoms with van der Waals surface area (Å²) in [4.78, 5) is 28.4. The molecule has 1 aromatic heterocycles. The molecule has 27 heavy (non-hydrogen) atoms. The molecular formula is C22H20N2O3. The Morgan fingerprint density at radius 3 is 2.67 bits per heavy atom. The van der Waals surface area contributed by atoms with Gasteiger partial charge in [0, 0.05) is 29.8 Å². The second-order valence-electron chi connectivity index (χ2n) is 6.04. The highest BCUT2D eigenvalue weighted by molar-refractivity contribution is 5.94. The summed E-state index contributed by atoms with van der Waals surface area (Å²) in [5.74, 6) is -0.919. The van der Waals surface area contributed by atoms with Crippen LogP contribution < -0.4 is 5.32 Å². The molecule has 1 N–H and O–H groups in total. The van der Waals surface area contributed by atoms with Crippen molar-refractivity contribution in [3.63, 3.8) is 0 Å². The summed E-state index contributed by atoms with van der Waals surface area (Å²) in [7, 11) is 0. The number of hydrogen-bond donors (Lipinski definition) is 1. The number of esters is 1. The van der Waals surface area contributed by atoms with Crippen LogP contribution in [0.4, 0.5) is 0 Å². The minimum absolute atomic E-state index is 0.340. The van der Waals surface area contributed by atoms with Gasteiger partial charge in [0.1, 0.15) is 0 Å². The number of amides is 1. The van der Waals surface area contributed by atoms with Crippen molar-refractivity contribution in [2.75, 3.05) is 0 Å². The van der Waals surface area contributed by atoms with Crippen molar-refractivity contribution in [1.29, 1.82) is 0 Å². The summed E-state index contributed by atoms with van der Waals surface area (Å²) in [5, 5.41) is 3.74. The number of fused-ring (bicyclic) bond motifs is 1. The third kappa shape index (κ3) is 5.01. The molecule has 0 aliphatic rings. The topological polar surface area (TPSA) is 68.3 Å². The summed E-state index contributed by atoms with van der Waals surface area (Å²) < 4.78 is 5.18. The number of nitrogens with zero attached hydrogens (tertiary/aromatic N) is 1. The van der Waals surface area contributed by atoms with Crippen LogP contribution >= 0.6 is 0 Å². The van der Waals surface area contributed by atoms with E-state index in [-0.39, 0.29) is 5.91 Å². The molecule has 0 aliphatic carbocycles. The average molecular weight is 360 g/mol. The third-order valence-corrected chi connectivity index (χ3v) is 4.03. The summed E-state index contributed by atoms with van der Waals surface area (Å²) in [6.45, 7) is 1.94. The highest BCUT2D eigenvalue weighted by Crippen LogP contribution is 2.17. The minimum Gasteiger partial charge on any atom is -0.449 e.